The second-order valence-corrected chi connectivity index (χ2v) is 12.0. The number of benzene rings is 2. The smallest absolute Gasteiger partial charge is 0.329 e. The molecule has 5 rings (SSSR count). The number of anilines is 1. The van der Waals surface area contributed by atoms with Crippen molar-refractivity contribution in [1.29, 1.82) is 0 Å². The highest BCUT2D eigenvalue weighted by Crippen LogP contribution is 2.31. The maximum atomic E-state index is 13.2. The molecule has 0 radical (unpaired) electrons. The third-order valence-electron chi connectivity index (χ3n) is 7.71. The van der Waals surface area contributed by atoms with E-state index in [1.807, 2.05) is 38.1 Å². The van der Waals surface area contributed by atoms with Crippen molar-refractivity contribution in [3.8, 4) is 10.4 Å². The predicted molar refractivity (Wildman–Crippen MR) is 159 cm³/mol. The number of carbonyl (C=O) groups excluding carboxylic acids is 1. The lowest BCUT2D eigenvalue weighted by Crippen LogP contribution is -2.51. The first-order chi connectivity index (χ1) is 19.3. The van der Waals surface area contributed by atoms with Crippen molar-refractivity contribution in [2.45, 2.75) is 63.9 Å². The highest BCUT2D eigenvalue weighted by Gasteiger charge is 2.25. The fourth-order valence-electron chi connectivity index (χ4n) is 5.24. The third-order valence-corrected chi connectivity index (χ3v) is 8.84. The molecule has 1 aromatic heterocycles. The molecule has 0 bridgehead atoms. The maximum Gasteiger partial charge on any atom is 0.329 e. The van der Waals surface area contributed by atoms with E-state index in [-0.39, 0.29) is 24.7 Å². The van der Waals surface area contributed by atoms with Crippen LogP contribution in [0.2, 0.25) is 0 Å². The standard InChI is InChI=1S/C31H38N4O4S/c1-19-6-7-24(35-25-15-32-16-25)14-28(19)31(38)34-20(2)21-4-3-5-22(12-21)29-11-10-27(40-29)17-33-23-8-9-26(13-23)39-18-30(36)37/h3-7,10-12,14,20,23,25-26,32-33,35H,8-9,13,15-18H2,1-2H3,(H,34,38)(H,36,37)/t20-,23+,26-/m1/s1. The van der Waals surface area contributed by atoms with Crippen molar-refractivity contribution in [2.75, 3.05) is 25.0 Å². The monoisotopic (exact) mass is 562 g/mol. The molecule has 0 unspecified atom stereocenters. The number of thiophene rings is 1. The first-order valence-electron chi connectivity index (χ1n) is 14.0. The summed E-state index contributed by atoms with van der Waals surface area (Å²) < 4.78 is 5.45. The number of carboxylic acids is 1. The Kier molecular flexibility index (Phi) is 9.16. The molecule has 40 heavy (non-hydrogen) atoms. The summed E-state index contributed by atoms with van der Waals surface area (Å²) >= 11 is 1.76. The van der Waals surface area contributed by atoms with Crippen molar-refractivity contribution in [2.24, 2.45) is 0 Å². The quantitative estimate of drug-likeness (QED) is 0.217. The van der Waals surface area contributed by atoms with E-state index in [0.29, 0.717) is 17.6 Å². The second-order valence-electron chi connectivity index (χ2n) is 10.8. The number of nitrogens with one attached hydrogen (secondary N) is 4. The molecule has 2 heterocycles. The average Bonchev–Trinajstić information content (AvgIpc) is 3.59. The number of hydrogen-bond acceptors (Lipinski definition) is 7. The molecule has 2 aromatic carbocycles. The van der Waals surface area contributed by atoms with Gasteiger partial charge in [-0.1, -0.05) is 24.3 Å². The maximum absolute atomic E-state index is 13.2. The summed E-state index contributed by atoms with van der Waals surface area (Å²) in [5.41, 5.74) is 4.81. The molecular weight excluding hydrogens is 524 g/mol. The Labute approximate surface area is 239 Å². The average molecular weight is 563 g/mol. The minimum absolute atomic E-state index is 0.0205. The lowest BCUT2D eigenvalue weighted by Gasteiger charge is -2.29. The van der Waals surface area contributed by atoms with Crippen molar-refractivity contribution in [1.82, 2.24) is 16.0 Å². The summed E-state index contributed by atoms with van der Waals surface area (Å²) in [5, 5.41) is 22.3. The van der Waals surface area contributed by atoms with Gasteiger partial charge in [-0.2, -0.15) is 0 Å². The molecule has 2 aliphatic rings. The fourth-order valence-corrected chi connectivity index (χ4v) is 6.20. The van der Waals surface area contributed by atoms with Crippen molar-refractivity contribution < 1.29 is 19.4 Å². The molecule has 1 aliphatic heterocycles. The van der Waals surface area contributed by atoms with Gasteiger partial charge in [-0.3, -0.25) is 4.79 Å². The zero-order valence-electron chi connectivity index (χ0n) is 23.0. The number of aliphatic carboxylic acids is 1. The summed E-state index contributed by atoms with van der Waals surface area (Å²) in [6.45, 7) is 6.42. The van der Waals surface area contributed by atoms with Crippen LogP contribution in [0, 0.1) is 6.92 Å². The molecule has 9 heteroatoms. The Morgan fingerprint density at radius 1 is 1.10 bits per heavy atom. The van der Waals surface area contributed by atoms with Crippen LogP contribution in [0.25, 0.3) is 10.4 Å². The molecule has 1 saturated carbocycles. The topological polar surface area (TPSA) is 112 Å². The van der Waals surface area contributed by atoms with Crippen molar-refractivity contribution in [3.05, 3.63) is 76.2 Å². The number of rotatable bonds is 12. The van der Waals surface area contributed by atoms with Crippen LogP contribution in [0.3, 0.4) is 0 Å². The van der Waals surface area contributed by atoms with Crippen LogP contribution in [0.4, 0.5) is 5.69 Å². The van der Waals surface area contributed by atoms with Crippen LogP contribution in [-0.4, -0.2) is 54.9 Å². The Morgan fingerprint density at radius 3 is 2.73 bits per heavy atom. The van der Waals surface area contributed by atoms with E-state index in [1.165, 1.54) is 9.75 Å². The number of amides is 1. The van der Waals surface area contributed by atoms with Gasteiger partial charge >= 0.3 is 5.97 Å². The van der Waals surface area contributed by atoms with Gasteiger partial charge < -0.3 is 31.1 Å². The van der Waals surface area contributed by atoms with E-state index in [1.54, 1.807) is 11.3 Å². The molecule has 3 atom stereocenters. The Morgan fingerprint density at radius 2 is 1.95 bits per heavy atom. The van der Waals surface area contributed by atoms with Crippen LogP contribution in [-0.2, 0) is 16.1 Å². The number of carbonyl (C=O) groups is 2. The molecule has 1 saturated heterocycles. The van der Waals surface area contributed by atoms with Crippen LogP contribution in [0.5, 0.6) is 0 Å². The molecule has 0 spiro atoms. The zero-order valence-corrected chi connectivity index (χ0v) is 23.9. The lowest BCUT2D eigenvalue weighted by atomic mass is 10.0. The molecular formula is C31H38N4O4S. The van der Waals surface area contributed by atoms with Gasteiger partial charge in [0.1, 0.15) is 6.61 Å². The minimum Gasteiger partial charge on any atom is -0.480 e. The van der Waals surface area contributed by atoms with Gasteiger partial charge in [0.25, 0.3) is 5.91 Å². The summed E-state index contributed by atoms with van der Waals surface area (Å²) in [4.78, 5) is 26.4. The Balaban J connectivity index is 1.16. The van der Waals surface area contributed by atoms with Gasteiger partial charge in [0.05, 0.1) is 18.2 Å². The molecule has 1 aliphatic carbocycles. The SMILES string of the molecule is Cc1ccc(NC2CNC2)cc1C(=O)N[C@H](C)c1cccc(-c2ccc(CN[C@H]3CC[C@@H](OCC(=O)O)C3)s2)c1. The summed E-state index contributed by atoms with van der Waals surface area (Å²) in [7, 11) is 0. The first kappa shape index (κ1) is 28.3. The molecule has 1 amide bonds. The van der Waals surface area contributed by atoms with Crippen LogP contribution >= 0.6 is 11.3 Å². The van der Waals surface area contributed by atoms with Crippen molar-refractivity contribution in [3.63, 3.8) is 0 Å². The number of ether oxygens (including phenoxy) is 1. The molecule has 3 aromatic rings. The normalized spacial score (nSPS) is 19.6. The molecule has 5 N–H and O–H groups in total. The highest BCUT2D eigenvalue weighted by atomic mass is 32.1. The second kappa shape index (κ2) is 13.0. The van der Waals surface area contributed by atoms with Gasteiger partial charge in [-0.05, 0) is 80.1 Å². The fraction of sp³-hybridized carbons (Fsp3) is 0.419. The first-order valence-corrected chi connectivity index (χ1v) is 14.8. The molecule has 2 fully saturated rings. The number of aryl methyl sites for hydroxylation is 1. The summed E-state index contributed by atoms with van der Waals surface area (Å²) in [6.07, 6.45) is 2.75. The minimum atomic E-state index is -0.918. The highest BCUT2D eigenvalue weighted by molar-refractivity contribution is 7.15. The van der Waals surface area contributed by atoms with E-state index >= 15 is 0 Å². The summed E-state index contributed by atoms with van der Waals surface area (Å²) in [5.74, 6) is -0.990. The van der Waals surface area contributed by atoms with E-state index in [0.717, 1.165) is 61.3 Å². The third kappa shape index (κ3) is 7.28. The Hall–Kier alpha value is -3.24. The van der Waals surface area contributed by atoms with Crippen LogP contribution < -0.4 is 21.3 Å². The van der Waals surface area contributed by atoms with Gasteiger partial charge in [-0.15, -0.1) is 11.3 Å². The van der Waals surface area contributed by atoms with E-state index in [4.69, 9.17) is 9.84 Å². The van der Waals surface area contributed by atoms with Crippen LogP contribution in [0.15, 0.2) is 54.6 Å². The van der Waals surface area contributed by atoms with Gasteiger partial charge in [-0.25, -0.2) is 4.79 Å². The lowest BCUT2D eigenvalue weighted by molar-refractivity contribution is -0.144. The molecule has 212 valence electrons. The van der Waals surface area contributed by atoms with E-state index in [9.17, 15) is 9.59 Å². The zero-order chi connectivity index (χ0) is 28.1. The van der Waals surface area contributed by atoms with E-state index < -0.39 is 5.97 Å². The van der Waals surface area contributed by atoms with Gasteiger partial charge in [0, 0.05) is 46.7 Å². The molecule has 8 nitrogen and oxygen atoms in total. The number of carboxylic acid groups (broad SMARTS) is 1. The van der Waals surface area contributed by atoms with Crippen LogP contribution in [0.1, 0.15) is 58.6 Å². The van der Waals surface area contributed by atoms with Gasteiger partial charge in [0.15, 0.2) is 0 Å². The van der Waals surface area contributed by atoms with E-state index in [2.05, 4.69) is 51.6 Å². The van der Waals surface area contributed by atoms with Gasteiger partial charge in [0.2, 0.25) is 0 Å². The predicted octanol–water partition coefficient (Wildman–Crippen LogP) is 4.71. The summed E-state index contributed by atoms with van der Waals surface area (Å²) in [6, 6.07) is 19.3. The largest absolute Gasteiger partial charge is 0.480 e. The Bertz CT molecular complexity index is 1340. The number of hydrogen-bond donors (Lipinski definition) is 5. The van der Waals surface area contributed by atoms with Crippen molar-refractivity contribution >= 4 is 28.9 Å².